The van der Waals surface area contributed by atoms with Crippen LogP contribution in [0.4, 0.5) is 0 Å². The maximum Gasteiger partial charge on any atom is 0.182 e. The van der Waals surface area contributed by atoms with Gasteiger partial charge in [-0.05, 0) is 42.9 Å². The normalized spacial score (nSPS) is 11.2. The molecule has 0 unspecified atom stereocenters. The number of nitrogens with zero attached hydrogens (tertiary/aromatic N) is 1. The molecule has 1 N–H and O–H groups in total. The molecule has 0 aliphatic heterocycles. The van der Waals surface area contributed by atoms with Crippen molar-refractivity contribution in [2.45, 2.75) is 6.92 Å². The summed E-state index contributed by atoms with van der Waals surface area (Å²) in [5.74, 6) is 0. The maximum absolute atomic E-state index is 6.32. The highest BCUT2D eigenvalue weighted by atomic mass is 35.5. The van der Waals surface area contributed by atoms with Crippen LogP contribution >= 0.6 is 47.0 Å². The zero-order valence-corrected chi connectivity index (χ0v) is 13.5. The molecule has 0 amide bonds. The van der Waals surface area contributed by atoms with E-state index in [0.29, 0.717) is 19.8 Å². The van der Waals surface area contributed by atoms with Gasteiger partial charge in [0.15, 0.2) is 4.77 Å². The molecule has 3 aromatic rings. The van der Waals surface area contributed by atoms with Gasteiger partial charge in [0, 0.05) is 0 Å². The SMILES string of the molecule is Cc1cccc(Cl)c1-n1c(=S)[nH]c2cc(Cl)c(Cl)cc21. The van der Waals surface area contributed by atoms with E-state index in [9.17, 15) is 0 Å². The molecule has 20 heavy (non-hydrogen) atoms. The molecular weight excluding hydrogens is 335 g/mol. The van der Waals surface area contributed by atoms with Gasteiger partial charge in [0.2, 0.25) is 0 Å². The van der Waals surface area contributed by atoms with Crippen molar-refractivity contribution >= 4 is 58.1 Å². The second kappa shape index (κ2) is 5.08. The van der Waals surface area contributed by atoms with Gasteiger partial charge in [0.25, 0.3) is 0 Å². The molecule has 0 fully saturated rings. The molecule has 2 nitrogen and oxygen atoms in total. The summed E-state index contributed by atoms with van der Waals surface area (Å²) in [4.78, 5) is 3.12. The van der Waals surface area contributed by atoms with Gasteiger partial charge in [-0.15, -0.1) is 0 Å². The fourth-order valence-corrected chi connectivity index (χ4v) is 3.16. The first kappa shape index (κ1) is 14.0. The van der Waals surface area contributed by atoms with Crippen molar-refractivity contribution in [3.8, 4) is 5.69 Å². The highest BCUT2D eigenvalue weighted by molar-refractivity contribution is 7.71. The summed E-state index contributed by atoms with van der Waals surface area (Å²) in [5.41, 5.74) is 3.55. The molecule has 0 saturated carbocycles. The number of hydrogen-bond donors (Lipinski definition) is 1. The first-order valence-corrected chi connectivity index (χ1v) is 7.38. The van der Waals surface area contributed by atoms with E-state index < -0.39 is 0 Å². The summed E-state index contributed by atoms with van der Waals surface area (Å²) in [7, 11) is 0. The number of aromatic nitrogens is 2. The number of fused-ring (bicyclic) bond motifs is 1. The minimum Gasteiger partial charge on any atom is -0.330 e. The van der Waals surface area contributed by atoms with E-state index in [1.54, 1.807) is 12.1 Å². The second-order valence-electron chi connectivity index (χ2n) is 4.45. The van der Waals surface area contributed by atoms with Gasteiger partial charge < -0.3 is 4.98 Å². The zero-order chi connectivity index (χ0) is 14.4. The average molecular weight is 344 g/mol. The molecule has 0 aliphatic carbocycles. The number of rotatable bonds is 1. The van der Waals surface area contributed by atoms with E-state index in [1.807, 2.05) is 29.7 Å². The Balaban J connectivity index is 2.46. The smallest absolute Gasteiger partial charge is 0.182 e. The highest BCUT2D eigenvalue weighted by Crippen LogP contribution is 2.32. The summed E-state index contributed by atoms with van der Waals surface area (Å²) >= 11 is 23.9. The molecule has 1 aromatic heterocycles. The molecule has 0 bridgehead atoms. The highest BCUT2D eigenvalue weighted by Gasteiger charge is 2.13. The number of aromatic amines is 1. The molecular formula is C14H9Cl3N2S. The van der Waals surface area contributed by atoms with Crippen molar-refractivity contribution < 1.29 is 0 Å². The zero-order valence-electron chi connectivity index (χ0n) is 10.4. The molecule has 2 aromatic carbocycles. The lowest BCUT2D eigenvalue weighted by molar-refractivity contribution is 1.05. The Morgan fingerprint density at radius 3 is 2.45 bits per heavy atom. The van der Waals surface area contributed by atoms with Gasteiger partial charge in [0.1, 0.15) is 0 Å². The second-order valence-corrected chi connectivity index (χ2v) is 6.06. The molecule has 0 spiro atoms. The van der Waals surface area contributed by atoms with Crippen LogP contribution in [0.2, 0.25) is 15.1 Å². The third-order valence-electron chi connectivity index (χ3n) is 3.14. The number of benzene rings is 2. The summed E-state index contributed by atoms with van der Waals surface area (Å²) < 4.78 is 2.43. The molecule has 0 saturated heterocycles. The molecule has 6 heteroatoms. The monoisotopic (exact) mass is 342 g/mol. The number of nitrogens with one attached hydrogen (secondary N) is 1. The van der Waals surface area contributed by atoms with Crippen molar-refractivity contribution in [3.05, 3.63) is 55.7 Å². The molecule has 1 heterocycles. The predicted molar refractivity (Wildman–Crippen MR) is 88.2 cm³/mol. The summed E-state index contributed by atoms with van der Waals surface area (Å²) in [6.45, 7) is 1.99. The van der Waals surface area contributed by atoms with Crippen LogP contribution in [0.1, 0.15) is 5.56 Å². The fourth-order valence-electron chi connectivity index (χ4n) is 2.23. The molecule has 0 aliphatic rings. The van der Waals surface area contributed by atoms with Gasteiger partial charge >= 0.3 is 0 Å². The Morgan fingerprint density at radius 2 is 1.75 bits per heavy atom. The van der Waals surface area contributed by atoms with Gasteiger partial charge in [0.05, 0.1) is 31.8 Å². The quantitative estimate of drug-likeness (QED) is 0.541. The Hall–Kier alpha value is -1.000. The topological polar surface area (TPSA) is 20.7 Å². The summed E-state index contributed by atoms with van der Waals surface area (Å²) in [6.07, 6.45) is 0. The molecule has 3 rings (SSSR count). The molecule has 0 atom stereocenters. The number of para-hydroxylation sites is 1. The van der Waals surface area contributed by atoms with Crippen LogP contribution in [-0.4, -0.2) is 9.55 Å². The predicted octanol–water partition coefficient (Wildman–Crippen LogP) is 5.96. The van der Waals surface area contributed by atoms with E-state index in [1.165, 1.54) is 0 Å². The van der Waals surface area contributed by atoms with Gasteiger partial charge in [-0.1, -0.05) is 46.9 Å². The molecule has 0 radical (unpaired) electrons. The number of aryl methyl sites for hydroxylation is 1. The fraction of sp³-hybridized carbons (Fsp3) is 0.0714. The first-order valence-electron chi connectivity index (χ1n) is 5.84. The summed E-state index contributed by atoms with van der Waals surface area (Å²) in [6, 6.07) is 9.27. The number of H-pyrrole nitrogens is 1. The van der Waals surface area contributed by atoms with Crippen LogP contribution in [0.25, 0.3) is 16.7 Å². The minimum absolute atomic E-state index is 0.478. The standard InChI is InChI=1S/C14H9Cl3N2S/c1-7-3-2-4-8(15)13(7)19-12-6-10(17)9(16)5-11(12)18-14(19)20/h2-6H,1H3,(H,18,20). The van der Waals surface area contributed by atoms with Crippen LogP contribution in [0.15, 0.2) is 30.3 Å². The van der Waals surface area contributed by atoms with Crippen molar-refractivity contribution in [1.29, 1.82) is 0 Å². The van der Waals surface area contributed by atoms with E-state index in [4.69, 9.17) is 47.0 Å². The van der Waals surface area contributed by atoms with Gasteiger partial charge in [-0.3, -0.25) is 4.57 Å². The van der Waals surface area contributed by atoms with Gasteiger partial charge in [-0.25, -0.2) is 0 Å². The number of hydrogen-bond acceptors (Lipinski definition) is 1. The third-order valence-corrected chi connectivity index (χ3v) is 4.45. The van der Waals surface area contributed by atoms with Crippen molar-refractivity contribution in [2.24, 2.45) is 0 Å². The lowest BCUT2D eigenvalue weighted by atomic mass is 10.2. The Labute approximate surface area is 135 Å². The maximum atomic E-state index is 6.32. The van der Waals surface area contributed by atoms with Crippen LogP contribution in [0.3, 0.4) is 0 Å². The van der Waals surface area contributed by atoms with Gasteiger partial charge in [-0.2, -0.15) is 0 Å². The summed E-state index contributed by atoms with van der Waals surface area (Å²) in [5, 5.41) is 1.60. The van der Waals surface area contributed by atoms with E-state index >= 15 is 0 Å². The van der Waals surface area contributed by atoms with Crippen molar-refractivity contribution in [3.63, 3.8) is 0 Å². The van der Waals surface area contributed by atoms with Crippen LogP contribution in [0.5, 0.6) is 0 Å². The third kappa shape index (κ3) is 2.15. The van der Waals surface area contributed by atoms with E-state index in [-0.39, 0.29) is 0 Å². The van der Waals surface area contributed by atoms with E-state index in [2.05, 4.69) is 4.98 Å². The average Bonchev–Trinajstić information content (AvgIpc) is 2.67. The van der Waals surface area contributed by atoms with Crippen LogP contribution < -0.4 is 0 Å². The number of imidazole rings is 1. The van der Waals surface area contributed by atoms with Crippen LogP contribution in [0, 0.1) is 11.7 Å². The first-order chi connectivity index (χ1) is 9.49. The minimum atomic E-state index is 0.478. The van der Waals surface area contributed by atoms with Crippen molar-refractivity contribution in [2.75, 3.05) is 0 Å². The van der Waals surface area contributed by atoms with E-state index in [0.717, 1.165) is 22.3 Å². The Bertz CT molecular complexity index is 860. The largest absolute Gasteiger partial charge is 0.330 e. The molecule has 102 valence electrons. The Morgan fingerprint density at radius 1 is 1.05 bits per heavy atom. The lowest BCUT2D eigenvalue weighted by Gasteiger charge is -2.10. The van der Waals surface area contributed by atoms with Crippen molar-refractivity contribution in [1.82, 2.24) is 9.55 Å². The lowest BCUT2D eigenvalue weighted by Crippen LogP contribution is -1.98. The Kier molecular flexibility index (Phi) is 3.55. The van der Waals surface area contributed by atoms with Crippen LogP contribution in [-0.2, 0) is 0 Å². The number of halogens is 3.